The first-order valence-corrected chi connectivity index (χ1v) is 11.2. The van der Waals surface area contributed by atoms with E-state index in [0.717, 1.165) is 33.3 Å². The van der Waals surface area contributed by atoms with Crippen LogP contribution in [0.5, 0.6) is 0 Å². The number of non-ortho nitro benzene ring substituents is 1. The molecule has 0 atom stereocenters. The summed E-state index contributed by atoms with van der Waals surface area (Å²) in [5.41, 5.74) is 6.75. The summed E-state index contributed by atoms with van der Waals surface area (Å²) in [6.07, 6.45) is 1.35. The van der Waals surface area contributed by atoms with Crippen LogP contribution >= 0.6 is 0 Å². The first kappa shape index (κ1) is 22.7. The van der Waals surface area contributed by atoms with Crippen LogP contribution in [-0.4, -0.2) is 26.8 Å². The van der Waals surface area contributed by atoms with Crippen molar-refractivity contribution in [1.29, 1.82) is 0 Å². The monoisotopic (exact) mass is 475 g/mol. The van der Waals surface area contributed by atoms with Crippen LogP contribution in [-0.2, 0) is 0 Å². The Labute approximate surface area is 206 Å². The van der Waals surface area contributed by atoms with E-state index in [2.05, 4.69) is 15.6 Å². The number of nitrogens with zero attached hydrogens (tertiary/aromatic N) is 4. The molecule has 8 heteroatoms. The molecule has 0 saturated heterocycles. The van der Waals surface area contributed by atoms with E-state index in [1.807, 2.05) is 73.7 Å². The lowest BCUT2D eigenvalue weighted by molar-refractivity contribution is -0.384. The summed E-state index contributed by atoms with van der Waals surface area (Å²) < 4.78 is 1.75. The third kappa shape index (κ3) is 4.60. The molecule has 0 fully saturated rings. The number of amides is 1. The lowest BCUT2D eigenvalue weighted by Gasteiger charge is -2.10. The maximum Gasteiger partial charge on any atom is 0.291 e. The topological polar surface area (TPSA) is 102 Å². The fraction of sp³-hybridized carbons (Fsp3) is 0.0357. The maximum atomic E-state index is 12.9. The Morgan fingerprint density at radius 1 is 0.972 bits per heavy atom. The summed E-state index contributed by atoms with van der Waals surface area (Å²) in [6.45, 7) is 2.01. The molecule has 1 heterocycles. The summed E-state index contributed by atoms with van der Waals surface area (Å²) in [6, 6.07) is 29.7. The van der Waals surface area contributed by atoms with E-state index in [9.17, 15) is 14.9 Å². The van der Waals surface area contributed by atoms with Gasteiger partial charge < -0.3 is 0 Å². The van der Waals surface area contributed by atoms with Crippen LogP contribution in [0.3, 0.4) is 0 Å². The first-order valence-electron chi connectivity index (χ1n) is 11.2. The molecule has 4 aromatic carbocycles. The van der Waals surface area contributed by atoms with Crippen LogP contribution in [0.15, 0.2) is 102 Å². The third-order valence-corrected chi connectivity index (χ3v) is 5.75. The molecular weight excluding hydrogens is 454 g/mol. The predicted molar refractivity (Wildman–Crippen MR) is 139 cm³/mol. The number of hydrazone groups is 1. The molecule has 1 aromatic heterocycles. The van der Waals surface area contributed by atoms with E-state index in [0.29, 0.717) is 5.56 Å². The molecule has 1 N–H and O–H groups in total. The molecule has 0 unspecified atom stereocenters. The Morgan fingerprint density at radius 2 is 1.72 bits per heavy atom. The number of rotatable bonds is 6. The van der Waals surface area contributed by atoms with Crippen molar-refractivity contribution in [2.45, 2.75) is 6.92 Å². The van der Waals surface area contributed by atoms with Gasteiger partial charge in [-0.3, -0.25) is 14.9 Å². The van der Waals surface area contributed by atoms with Crippen LogP contribution < -0.4 is 5.43 Å². The number of benzene rings is 4. The maximum absolute atomic E-state index is 12.9. The van der Waals surface area contributed by atoms with Crippen molar-refractivity contribution in [1.82, 2.24) is 15.2 Å². The number of nitrogens with one attached hydrogen (secondary N) is 1. The van der Waals surface area contributed by atoms with Crippen LogP contribution in [0, 0.1) is 17.0 Å². The van der Waals surface area contributed by atoms with Crippen LogP contribution in [0.1, 0.15) is 21.6 Å². The number of nitro benzene ring substituents is 1. The second kappa shape index (κ2) is 9.63. The molecule has 5 rings (SSSR count). The van der Waals surface area contributed by atoms with Crippen LogP contribution in [0.4, 0.5) is 5.69 Å². The summed E-state index contributed by atoms with van der Waals surface area (Å²) in [5, 5.41) is 21.7. The van der Waals surface area contributed by atoms with Crippen molar-refractivity contribution in [3.63, 3.8) is 0 Å². The molecule has 0 aliphatic carbocycles. The van der Waals surface area contributed by atoms with Crippen LogP contribution in [0.2, 0.25) is 0 Å². The molecule has 0 aliphatic heterocycles. The standard InChI is InChI=1S/C28H21N5O3/c1-19-12-14-22(15-13-19)32-27(25-11-5-8-21-7-2-3-10-24(21)25)17-26(31-32)28(34)30-29-18-20-6-4-9-23(16-20)33(35)36/h2-18H,1H3,(H,30,34)/b29-18-. The van der Waals surface area contributed by atoms with Gasteiger partial charge in [-0.25, -0.2) is 10.1 Å². The van der Waals surface area contributed by atoms with Gasteiger partial charge in [0.15, 0.2) is 5.69 Å². The number of aryl methyl sites for hydroxylation is 1. The summed E-state index contributed by atoms with van der Waals surface area (Å²) in [5.74, 6) is -0.496. The highest BCUT2D eigenvalue weighted by Crippen LogP contribution is 2.31. The van der Waals surface area contributed by atoms with E-state index < -0.39 is 10.8 Å². The zero-order valence-corrected chi connectivity index (χ0v) is 19.3. The Balaban J connectivity index is 1.51. The second-order valence-corrected chi connectivity index (χ2v) is 8.24. The lowest BCUT2D eigenvalue weighted by Crippen LogP contribution is -2.18. The molecule has 0 saturated carbocycles. The zero-order chi connectivity index (χ0) is 25.1. The molecule has 1 amide bonds. The summed E-state index contributed by atoms with van der Waals surface area (Å²) in [4.78, 5) is 23.4. The number of carbonyl (C=O) groups excluding carboxylic acids is 1. The van der Waals surface area contributed by atoms with Gasteiger partial charge in [0.2, 0.25) is 0 Å². The minimum absolute atomic E-state index is 0.0538. The van der Waals surface area contributed by atoms with Crippen molar-refractivity contribution < 1.29 is 9.72 Å². The highest BCUT2D eigenvalue weighted by molar-refractivity contribution is 5.99. The first-order chi connectivity index (χ1) is 17.5. The normalized spacial score (nSPS) is 11.1. The van der Waals surface area contributed by atoms with E-state index >= 15 is 0 Å². The number of fused-ring (bicyclic) bond motifs is 1. The quantitative estimate of drug-likeness (QED) is 0.194. The largest absolute Gasteiger partial charge is 0.291 e. The van der Waals surface area contributed by atoms with Gasteiger partial charge in [0.05, 0.1) is 22.5 Å². The Bertz CT molecular complexity index is 1620. The van der Waals surface area contributed by atoms with Crippen molar-refractivity contribution in [3.8, 4) is 16.9 Å². The second-order valence-electron chi connectivity index (χ2n) is 8.24. The van der Waals surface area contributed by atoms with Crippen molar-refractivity contribution in [3.05, 3.63) is 124 Å². The van der Waals surface area contributed by atoms with Gasteiger partial charge in [0, 0.05) is 23.3 Å². The predicted octanol–water partition coefficient (Wildman–Crippen LogP) is 5.67. The Morgan fingerprint density at radius 3 is 2.53 bits per heavy atom. The highest BCUT2D eigenvalue weighted by Gasteiger charge is 2.18. The minimum Gasteiger partial charge on any atom is -0.265 e. The average Bonchev–Trinajstić information content (AvgIpc) is 3.34. The van der Waals surface area contributed by atoms with Gasteiger partial charge in [-0.15, -0.1) is 0 Å². The highest BCUT2D eigenvalue weighted by atomic mass is 16.6. The molecule has 0 aliphatic rings. The van der Waals surface area contributed by atoms with E-state index in [1.54, 1.807) is 22.9 Å². The van der Waals surface area contributed by atoms with Crippen molar-refractivity contribution in [2.75, 3.05) is 0 Å². The fourth-order valence-corrected chi connectivity index (χ4v) is 3.96. The smallest absolute Gasteiger partial charge is 0.265 e. The van der Waals surface area contributed by atoms with Gasteiger partial charge in [0.25, 0.3) is 11.6 Å². The summed E-state index contributed by atoms with van der Waals surface area (Å²) >= 11 is 0. The van der Waals surface area contributed by atoms with E-state index in [1.165, 1.54) is 18.3 Å². The van der Waals surface area contributed by atoms with Crippen LogP contribution in [0.25, 0.3) is 27.7 Å². The van der Waals surface area contributed by atoms with Gasteiger partial charge in [0.1, 0.15) is 0 Å². The molecule has 36 heavy (non-hydrogen) atoms. The Hall–Kier alpha value is -5.11. The summed E-state index contributed by atoms with van der Waals surface area (Å²) in [7, 11) is 0. The zero-order valence-electron chi connectivity index (χ0n) is 19.3. The SMILES string of the molecule is Cc1ccc(-n2nc(C(=O)N/N=C\c3cccc([N+](=O)[O-])c3)cc2-c2cccc3ccccc23)cc1. The number of carbonyl (C=O) groups is 1. The molecule has 0 bridgehead atoms. The third-order valence-electron chi connectivity index (χ3n) is 5.75. The number of hydrogen-bond donors (Lipinski definition) is 1. The van der Waals surface area contributed by atoms with Crippen molar-refractivity contribution in [2.24, 2.45) is 5.10 Å². The molecule has 8 nitrogen and oxygen atoms in total. The molecule has 0 radical (unpaired) electrons. The Kier molecular flexibility index (Phi) is 6.07. The van der Waals surface area contributed by atoms with E-state index in [4.69, 9.17) is 0 Å². The van der Waals surface area contributed by atoms with Gasteiger partial charge >= 0.3 is 0 Å². The fourth-order valence-electron chi connectivity index (χ4n) is 3.96. The molecular formula is C28H21N5O3. The molecule has 0 spiro atoms. The molecule has 176 valence electrons. The lowest BCUT2D eigenvalue weighted by atomic mass is 10.0. The average molecular weight is 476 g/mol. The van der Waals surface area contributed by atoms with Gasteiger partial charge in [-0.1, -0.05) is 72.3 Å². The molecule has 5 aromatic rings. The van der Waals surface area contributed by atoms with Crippen molar-refractivity contribution >= 4 is 28.6 Å². The van der Waals surface area contributed by atoms with Gasteiger partial charge in [-0.2, -0.15) is 10.2 Å². The number of nitro groups is 1. The minimum atomic E-state index is -0.496. The number of aromatic nitrogens is 2. The van der Waals surface area contributed by atoms with Gasteiger partial charge in [-0.05, 0) is 35.9 Å². The number of hydrogen-bond acceptors (Lipinski definition) is 5. The van der Waals surface area contributed by atoms with E-state index in [-0.39, 0.29) is 11.4 Å².